The van der Waals surface area contributed by atoms with Crippen LogP contribution >= 0.6 is 11.3 Å². The molecule has 1 aliphatic rings. The summed E-state index contributed by atoms with van der Waals surface area (Å²) in [6, 6.07) is 6.59. The second-order valence-corrected chi connectivity index (χ2v) is 9.33. The summed E-state index contributed by atoms with van der Waals surface area (Å²) in [6.45, 7) is 4.66. The number of hydrogen-bond acceptors (Lipinski definition) is 4. The molecule has 0 saturated heterocycles. The van der Waals surface area contributed by atoms with Gasteiger partial charge in [-0.2, -0.15) is 0 Å². The van der Waals surface area contributed by atoms with Gasteiger partial charge in [0.15, 0.2) is 0 Å². The molecular formula is C23H29N3O2S. The molecule has 0 aliphatic heterocycles. The number of thiazole rings is 1. The van der Waals surface area contributed by atoms with Gasteiger partial charge < -0.3 is 14.2 Å². The monoisotopic (exact) mass is 411 g/mol. The molecule has 1 fully saturated rings. The van der Waals surface area contributed by atoms with Crippen LogP contribution in [0.1, 0.15) is 64.1 Å². The predicted octanol–water partition coefficient (Wildman–Crippen LogP) is 5.50. The van der Waals surface area contributed by atoms with E-state index < -0.39 is 0 Å². The molecule has 0 bridgehead atoms. The molecule has 1 aromatic carbocycles. The van der Waals surface area contributed by atoms with Crippen LogP contribution in [0, 0.1) is 13.8 Å². The normalized spacial score (nSPS) is 15.0. The van der Waals surface area contributed by atoms with Gasteiger partial charge in [-0.25, -0.2) is 4.98 Å². The third kappa shape index (κ3) is 3.78. The van der Waals surface area contributed by atoms with Crippen LogP contribution in [0.5, 0.6) is 5.75 Å². The van der Waals surface area contributed by atoms with Crippen molar-refractivity contribution in [3.8, 4) is 5.75 Å². The maximum Gasteiger partial charge on any atom is 0.256 e. The van der Waals surface area contributed by atoms with E-state index in [-0.39, 0.29) is 5.91 Å². The van der Waals surface area contributed by atoms with Crippen molar-refractivity contribution < 1.29 is 9.53 Å². The van der Waals surface area contributed by atoms with Crippen molar-refractivity contribution >= 4 is 28.1 Å². The summed E-state index contributed by atoms with van der Waals surface area (Å²) in [7, 11) is 3.55. The minimum atomic E-state index is 0.0568. The van der Waals surface area contributed by atoms with Gasteiger partial charge in [-0.1, -0.05) is 19.3 Å². The molecule has 0 atom stereocenters. The highest BCUT2D eigenvalue weighted by atomic mass is 32.1. The molecule has 1 amide bonds. The number of carbonyl (C=O) groups is 1. The quantitative estimate of drug-likeness (QED) is 0.557. The Morgan fingerprint density at radius 3 is 2.69 bits per heavy atom. The van der Waals surface area contributed by atoms with Crippen LogP contribution in [0.25, 0.3) is 10.9 Å². The summed E-state index contributed by atoms with van der Waals surface area (Å²) in [5, 5.41) is 2.01. The van der Waals surface area contributed by atoms with Crippen LogP contribution in [-0.4, -0.2) is 34.5 Å². The Kier molecular flexibility index (Phi) is 5.63. The molecule has 1 aliphatic carbocycles. The van der Waals surface area contributed by atoms with Gasteiger partial charge in [0.2, 0.25) is 0 Å². The topological polar surface area (TPSA) is 47.4 Å². The molecule has 4 rings (SSSR count). The molecule has 1 saturated carbocycles. The van der Waals surface area contributed by atoms with E-state index in [1.54, 1.807) is 23.3 Å². The Morgan fingerprint density at radius 1 is 1.28 bits per heavy atom. The zero-order valence-electron chi connectivity index (χ0n) is 17.7. The summed E-state index contributed by atoms with van der Waals surface area (Å²) < 4.78 is 7.88. The average Bonchev–Trinajstić information content (AvgIpc) is 3.26. The Hall–Kier alpha value is -2.34. The Labute approximate surface area is 176 Å². The Balaban J connectivity index is 1.77. The molecule has 0 N–H and O–H groups in total. The van der Waals surface area contributed by atoms with E-state index in [1.165, 1.54) is 32.1 Å². The maximum atomic E-state index is 13.5. The predicted molar refractivity (Wildman–Crippen MR) is 118 cm³/mol. The summed E-state index contributed by atoms with van der Waals surface area (Å²) in [5.74, 6) is 0.842. The van der Waals surface area contributed by atoms with Gasteiger partial charge >= 0.3 is 0 Å². The number of benzene rings is 1. The number of nitrogens with zero attached hydrogens (tertiary/aromatic N) is 3. The van der Waals surface area contributed by atoms with E-state index in [9.17, 15) is 4.79 Å². The fourth-order valence-electron chi connectivity index (χ4n) is 4.60. The summed E-state index contributed by atoms with van der Waals surface area (Å²) in [6.07, 6.45) is 8.05. The smallest absolute Gasteiger partial charge is 0.256 e. The Bertz CT molecular complexity index is 1030. The highest BCUT2D eigenvalue weighted by Crippen LogP contribution is 2.37. The van der Waals surface area contributed by atoms with Crippen molar-refractivity contribution in [3.05, 3.63) is 45.5 Å². The third-order valence-corrected chi connectivity index (χ3v) is 6.92. The number of ether oxygens (including phenoxy) is 1. The lowest BCUT2D eigenvalue weighted by Gasteiger charge is -2.26. The minimum absolute atomic E-state index is 0.0568. The van der Waals surface area contributed by atoms with Gasteiger partial charge in [0, 0.05) is 40.8 Å². The molecule has 0 radical (unpaired) electrons. The SMILES string of the molecule is COc1ccc2c(c1)c(C(=O)N(C)Cc1cnc(C)s1)c(C)n2C1CCCCC1. The van der Waals surface area contributed by atoms with Crippen molar-refractivity contribution in [3.63, 3.8) is 0 Å². The fourth-order valence-corrected chi connectivity index (χ4v) is 5.45. The van der Waals surface area contributed by atoms with Crippen molar-refractivity contribution in [2.75, 3.05) is 14.2 Å². The van der Waals surface area contributed by atoms with Gasteiger partial charge in [-0.05, 0) is 44.9 Å². The lowest BCUT2D eigenvalue weighted by atomic mass is 9.95. The van der Waals surface area contributed by atoms with E-state index in [0.717, 1.165) is 37.8 Å². The molecule has 0 spiro atoms. The van der Waals surface area contributed by atoms with Crippen LogP contribution in [-0.2, 0) is 6.54 Å². The van der Waals surface area contributed by atoms with Crippen LogP contribution in [0.2, 0.25) is 0 Å². The first-order chi connectivity index (χ1) is 14.0. The molecular weight excluding hydrogens is 382 g/mol. The van der Waals surface area contributed by atoms with Gasteiger partial charge in [-0.15, -0.1) is 11.3 Å². The second kappa shape index (κ2) is 8.19. The van der Waals surface area contributed by atoms with Crippen molar-refractivity contribution in [2.24, 2.45) is 0 Å². The lowest BCUT2D eigenvalue weighted by molar-refractivity contribution is 0.0787. The van der Waals surface area contributed by atoms with Crippen LogP contribution in [0.3, 0.4) is 0 Å². The Morgan fingerprint density at radius 2 is 2.03 bits per heavy atom. The number of fused-ring (bicyclic) bond motifs is 1. The first-order valence-corrected chi connectivity index (χ1v) is 11.2. The van der Waals surface area contributed by atoms with Crippen molar-refractivity contribution in [2.45, 2.75) is 58.5 Å². The van der Waals surface area contributed by atoms with E-state index in [4.69, 9.17) is 4.74 Å². The maximum absolute atomic E-state index is 13.5. The van der Waals surface area contributed by atoms with E-state index in [2.05, 4.69) is 22.5 Å². The van der Waals surface area contributed by atoms with Gasteiger partial charge in [0.1, 0.15) is 5.75 Å². The molecule has 0 unspecified atom stereocenters. The highest BCUT2D eigenvalue weighted by molar-refractivity contribution is 7.11. The zero-order chi connectivity index (χ0) is 20.5. The molecule has 2 heterocycles. The molecule has 29 heavy (non-hydrogen) atoms. The fraction of sp³-hybridized carbons (Fsp3) is 0.478. The highest BCUT2D eigenvalue weighted by Gasteiger charge is 2.27. The first kappa shape index (κ1) is 20.0. The van der Waals surface area contributed by atoms with Crippen LogP contribution in [0.15, 0.2) is 24.4 Å². The molecule has 6 heteroatoms. The first-order valence-electron chi connectivity index (χ1n) is 10.3. The van der Waals surface area contributed by atoms with E-state index >= 15 is 0 Å². The number of aromatic nitrogens is 2. The summed E-state index contributed by atoms with van der Waals surface area (Å²) in [4.78, 5) is 20.8. The lowest BCUT2D eigenvalue weighted by Crippen LogP contribution is -2.26. The average molecular weight is 412 g/mol. The van der Waals surface area contributed by atoms with Crippen LogP contribution in [0.4, 0.5) is 0 Å². The third-order valence-electron chi connectivity index (χ3n) is 6.02. The standard InChI is InChI=1S/C23H29N3O2S/c1-15-22(23(27)25(3)14-19-13-24-16(2)29-19)20-12-18(28-4)10-11-21(20)26(15)17-8-6-5-7-9-17/h10-13,17H,5-9,14H2,1-4H3. The van der Waals surface area contributed by atoms with E-state index in [0.29, 0.717) is 12.6 Å². The summed E-state index contributed by atoms with van der Waals surface area (Å²) >= 11 is 1.64. The summed E-state index contributed by atoms with van der Waals surface area (Å²) in [5.41, 5.74) is 3.01. The van der Waals surface area contributed by atoms with Gasteiger partial charge in [0.25, 0.3) is 5.91 Å². The van der Waals surface area contributed by atoms with Crippen molar-refractivity contribution in [1.82, 2.24) is 14.5 Å². The molecule has 2 aromatic heterocycles. The largest absolute Gasteiger partial charge is 0.497 e. The number of amides is 1. The van der Waals surface area contributed by atoms with Crippen LogP contribution < -0.4 is 4.74 Å². The zero-order valence-corrected chi connectivity index (χ0v) is 18.5. The molecule has 154 valence electrons. The van der Waals surface area contributed by atoms with Crippen molar-refractivity contribution in [1.29, 1.82) is 0 Å². The van der Waals surface area contributed by atoms with Gasteiger partial charge in [0.05, 0.1) is 24.2 Å². The molecule has 5 nitrogen and oxygen atoms in total. The molecule has 3 aromatic rings. The van der Waals surface area contributed by atoms with E-state index in [1.807, 2.05) is 32.3 Å². The number of rotatable bonds is 5. The number of carbonyl (C=O) groups excluding carboxylic acids is 1. The number of hydrogen-bond donors (Lipinski definition) is 0. The second-order valence-electron chi connectivity index (χ2n) is 8.01. The number of methoxy groups -OCH3 is 1. The number of aryl methyl sites for hydroxylation is 1. The minimum Gasteiger partial charge on any atom is -0.497 e. The van der Waals surface area contributed by atoms with Gasteiger partial charge in [-0.3, -0.25) is 4.79 Å².